The van der Waals surface area contributed by atoms with Crippen molar-refractivity contribution in [1.29, 1.82) is 0 Å². The van der Waals surface area contributed by atoms with Crippen molar-refractivity contribution in [3.63, 3.8) is 0 Å². The minimum Gasteiger partial charge on any atom is -0.395 e. The topological polar surface area (TPSA) is 59.1 Å². The van der Waals surface area contributed by atoms with Crippen molar-refractivity contribution in [1.82, 2.24) is 20.0 Å². The molecule has 6 nitrogen and oxygen atoms in total. The number of nitrogens with zero attached hydrogens (tertiary/aromatic N) is 3. The molecule has 1 amide bonds. The Morgan fingerprint density at radius 1 is 1.17 bits per heavy atom. The van der Waals surface area contributed by atoms with E-state index in [4.69, 9.17) is 5.11 Å². The highest BCUT2D eigenvalue weighted by Gasteiger charge is 2.20. The predicted octanol–water partition coefficient (Wildman–Crippen LogP) is 0.0154. The Bertz CT molecular complexity index is 487. The van der Waals surface area contributed by atoms with Gasteiger partial charge in [0.15, 0.2) is 0 Å². The number of hydrogen-bond acceptors (Lipinski definition) is 5. The first kappa shape index (κ1) is 18.9. The largest absolute Gasteiger partial charge is 0.395 e. The summed E-state index contributed by atoms with van der Waals surface area (Å²) in [5.41, 5.74) is 1.21. The van der Waals surface area contributed by atoms with Gasteiger partial charge in [0, 0.05) is 39.3 Å². The van der Waals surface area contributed by atoms with E-state index in [0.717, 1.165) is 32.7 Å². The van der Waals surface area contributed by atoms with Crippen LogP contribution in [-0.2, 0) is 4.79 Å². The monoisotopic (exact) mass is 334 g/mol. The summed E-state index contributed by atoms with van der Waals surface area (Å²) in [5.74, 6) is 0.0772. The number of β-amino-alcohol motifs (C(OH)–C–C–N with tert-alkyl or cyclic N) is 1. The van der Waals surface area contributed by atoms with Crippen molar-refractivity contribution < 1.29 is 9.90 Å². The fourth-order valence-electron chi connectivity index (χ4n) is 3.06. The van der Waals surface area contributed by atoms with Crippen molar-refractivity contribution >= 4 is 5.91 Å². The number of amides is 1. The predicted molar refractivity (Wildman–Crippen MR) is 95.8 cm³/mol. The third-order valence-electron chi connectivity index (χ3n) is 4.55. The van der Waals surface area contributed by atoms with Gasteiger partial charge in [-0.15, -0.1) is 0 Å². The van der Waals surface area contributed by atoms with Gasteiger partial charge in [-0.1, -0.05) is 30.3 Å². The van der Waals surface area contributed by atoms with Gasteiger partial charge < -0.3 is 15.3 Å². The lowest BCUT2D eigenvalue weighted by Crippen LogP contribution is -2.50. The SMILES string of the molecule is CN(C)C(CNC(=O)CN1CCN(CCO)CC1)c1ccccc1. The molecule has 0 radical (unpaired) electrons. The number of likely N-dealkylation sites (N-methyl/N-ethyl adjacent to an activating group) is 1. The van der Waals surface area contributed by atoms with Gasteiger partial charge in [0.05, 0.1) is 19.2 Å². The first-order valence-corrected chi connectivity index (χ1v) is 8.64. The number of aliphatic hydroxyl groups is 1. The Hall–Kier alpha value is -1.47. The van der Waals surface area contributed by atoms with Crippen molar-refractivity contribution in [2.24, 2.45) is 0 Å². The van der Waals surface area contributed by atoms with Crippen LogP contribution >= 0.6 is 0 Å². The van der Waals surface area contributed by atoms with Crippen LogP contribution in [0.5, 0.6) is 0 Å². The van der Waals surface area contributed by atoms with E-state index in [2.05, 4.69) is 32.1 Å². The molecule has 1 aliphatic rings. The number of carbonyl (C=O) groups is 1. The van der Waals surface area contributed by atoms with E-state index in [-0.39, 0.29) is 18.6 Å². The highest BCUT2D eigenvalue weighted by atomic mass is 16.3. The number of piperazine rings is 1. The average molecular weight is 334 g/mol. The van der Waals surface area contributed by atoms with Crippen LogP contribution in [0.1, 0.15) is 11.6 Å². The summed E-state index contributed by atoms with van der Waals surface area (Å²) < 4.78 is 0. The molecule has 2 rings (SSSR count). The van der Waals surface area contributed by atoms with E-state index in [0.29, 0.717) is 13.1 Å². The van der Waals surface area contributed by atoms with Gasteiger partial charge in [-0.2, -0.15) is 0 Å². The zero-order valence-corrected chi connectivity index (χ0v) is 14.8. The average Bonchev–Trinajstić information content (AvgIpc) is 2.58. The van der Waals surface area contributed by atoms with E-state index in [1.54, 1.807) is 0 Å². The second-order valence-electron chi connectivity index (χ2n) is 6.54. The Morgan fingerprint density at radius 2 is 1.79 bits per heavy atom. The van der Waals surface area contributed by atoms with Crippen LogP contribution in [0.4, 0.5) is 0 Å². The summed E-state index contributed by atoms with van der Waals surface area (Å²) >= 11 is 0. The van der Waals surface area contributed by atoms with Gasteiger partial charge in [-0.25, -0.2) is 0 Å². The number of hydrogen-bond donors (Lipinski definition) is 2. The number of aliphatic hydroxyl groups excluding tert-OH is 1. The molecule has 0 saturated carbocycles. The quantitative estimate of drug-likeness (QED) is 0.702. The molecule has 1 aliphatic heterocycles. The van der Waals surface area contributed by atoms with Crippen molar-refractivity contribution in [2.75, 3.05) is 66.5 Å². The number of rotatable bonds is 8. The standard InChI is InChI=1S/C18H30N4O2/c1-20(2)17(16-6-4-3-5-7-16)14-19-18(24)15-22-10-8-21(9-11-22)12-13-23/h3-7,17,23H,8-15H2,1-2H3,(H,19,24). The van der Waals surface area contributed by atoms with Gasteiger partial charge in [0.2, 0.25) is 5.91 Å². The summed E-state index contributed by atoms with van der Waals surface area (Å²) in [6, 6.07) is 10.4. The molecule has 6 heteroatoms. The maximum atomic E-state index is 12.3. The highest BCUT2D eigenvalue weighted by Crippen LogP contribution is 2.16. The molecule has 1 unspecified atom stereocenters. The number of nitrogens with one attached hydrogen (secondary N) is 1. The van der Waals surface area contributed by atoms with E-state index >= 15 is 0 Å². The molecule has 1 heterocycles. The molecule has 1 aromatic carbocycles. The normalized spacial score (nSPS) is 17.8. The van der Waals surface area contributed by atoms with E-state index in [1.165, 1.54) is 5.56 Å². The highest BCUT2D eigenvalue weighted by molar-refractivity contribution is 5.78. The van der Waals surface area contributed by atoms with Crippen LogP contribution in [0, 0.1) is 0 Å². The third kappa shape index (κ3) is 5.87. The summed E-state index contributed by atoms with van der Waals surface area (Å²) in [5, 5.41) is 12.0. The summed E-state index contributed by atoms with van der Waals surface area (Å²) in [4.78, 5) is 18.8. The Kier molecular flexibility index (Phi) is 7.65. The van der Waals surface area contributed by atoms with E-state index in [9.17, 15) is 4.79 Å². The van der Waals surface area contributed by atoms with Gasteiger partial charge in [-0.05, 0) is 19.7 Å². The molecule has 0 bridgehead atoms. The van der Waals surface area contributed by atoms with Crippen LogP contribution in [0.25, 0.3) is 0 Å². The molecule has 24 heavy (non-hydrogen) atoms. The summed E-state index contributed by atoms with van der Waals surface area (Å²) in [7, 11) is 4.06. The maximum absolute atomic E-state index is 12.3. The molecule has 0 aliphatic carbocycles. The number of carbonyl (C=O) groups excluding carboxylic acids is 1. The smallest absolute Gasteiger partial charge is 0.234 e. The molecule has 1 aromatic rings. The fourth-order valence-corrected chi connectivity index (χ4v) is 3.06. The van der Waals surface area contributed by atoms with Gasteiger partial charge in [0.1, 0.15) is 0 Å². The summed E-state index contributed by atoms with van der Waals surface area (Å²) in [6.07, 6.45) is 0. The molecule has 2 N–H and O–H groups in total. The van der Waals surface area contributed by atoms with Crippen molar-refractivity contribution in [3.8, 4) is 0 Å². The van der Waals surface area contributed by atoms with E-state index in [1.807, 2.05) is 32.3 Å². The van der Waals surface area contributed by atoms with Crippen LogP contribution in [-0.4, -0.2) is 92.2 Å². The molecule has 1 atom stereocenters. The van der Waals surface area contributed by atoms with Crippen molar-refractivity contribution in [3.05, 3.63) is 35.9 Å². The van der Waals surface area contributed by atoms with Crippen LogP contribution in [0.15, 0.2) is 30.3 Å². The van der Waals surface area contributed by atoms with Crippen LogP contribution < -0.4 is 5.32 Å². The first-order chi connectivity index (χ1) is 11.6. The lowest BCUT2D eigenvalue weighted by atomic mass is 10.1. The molecule has 0 spiro atoms. The molecule has 0 aromatic heterocycles. The van der Waals surface area contributed by atoms with Gasteiger partial charge in [-0.3, -0.25) is 14.6 Å². The zero-order chi connectivity index (χ0) is 17.4. The van der Waals surface area contributed by atoms with Crippen LogP contribution in [0.2, 0.25) is 0 Å². The Morgan fingerprint density at radius 3 is 2.38 bits per heavy atom. The van der Waals surface area contributed by atoms with Gasteiger partial charge in [0.25, 0.3) is 0 Å². The molecule has 1 fully saturated rings. The molecular weight excluding hydrogens is 304 g/mol. The van der Waals surface area contributed by atoms with Crippen molar-refractivity contribution in [2.45, 2.75) is 6.04 Å². The second-order valence-corrected chi connectivity index (χ2v) is 6.54. The van der Waals surface area contributed by atoms with Crippen LogP contribution in [0.3, 0.4) is 0 Å². The van der Waals surface area contributed by atoms with Gasteiger partial charge >= 0.3 is 0 Å². The lowest BCUT2D eigenvalue weighted by Gasteiger charge is -2.34. The maximum Gasteiger partial charge on any atom is 0.234 e. The first-order valence-electron chi connectivity index (χ1n) is 8.64. The number of benzene rings is 1. The third-order valence-corrected chi connectivity index (χ3v) is 4.55. The summed E-state index contributed by atoms with van der Waals surface area (Å²) in [6.45, 7) is 5.57. The minimum absolute atomic E-state index is 0.0772. The minimum atomic E-state index is 0.0772. The lowest BCUT2D eigenvalue weighted by molar-refractivity contribution is -0.122. The zero-order valence-electron chi connectivity index (χ0n) is 14.8. The molecular formula is C18H30N4O2. The van der Waals surface area contributed by atoms with E-state index < -0.39 is 0 Å². The second kappa shape index (κ2) is 9.74. The molecule has 134 valence electrons. The fraction of sp³-hybridized carbons (Fsp3) is 0.611. The Balaban J connectivity index is 1.76. The Labute approximate surface area is 145 Å². The molecule has 1 saturated heterocycles.